The van der Waals surface area contributed by atoms with Crippen LogP contribution in [0.1, 0.15) is 31.7 Å². The number of hydrogen-bond acceptors (Lipinski definition) is 6. The van der Waals surface area contributed by atoms with Crippen LogP contribution in [0.3, 0.4) is 0 Å². The second kappa shape index (κ2) is 7.54. The van der Waals surface area contributed by atoms with Gasteiger partial charge >= 0.3 is 0 Å². The van der Waals surface area contributed by atoms with Crippen molar-refractivity contribution in [2.75, 3.05) is 28.4 Å². The van der Waals surface area contributed by atoms with Gasteiger partial charge in [0.05, 0.1) is 28.4 Å². The molecule has 6 nitrogen and oxygen atoms in total. The largest absolute Gasteiger partial charge is 0.496 e. The number of ether oxygens (including phenoxy) is 4. The molecule has 0 spiro atoms. The zero-order valence-corrected chi connectivity index (χ0v) is 17.0. The SMILES string of the molecule is COC1=CC(=O)C2=C(C1=O)[C@H](c1cc(OC)c(OC)cc1OC)C(C)=C(C)C2. The van der Waals surface area contributed by atoms with Gasteiger partial charge in [0, 0.05) is 34.8 Å². The molecular formula is C22H24O6. The molecule has 6 heteroatoms. The zero-order valence-electron chi connectivity index (χ0n) is 17.0. The van der Waals surface area contributed by atoms with Crippen LogP contribution in [0.5, 0.6) is 17.2 Å². The van der Waals surface area contributed by atoms with Crippen molar-refractivity contribution in [3.63, 3.8) is 0 Å². The lowest BCUT2D eigenvalue weighted by atomic mass is 9.71. The number of hydrogen-bond donors (Lipinski definition) is 0. The highest BCUT2D eigenvalue weighted by Gasteiger charge is 2.40. The minimum absolute atomic E-state index is 0.0561. The van der Waals surface area contributed by atoms with Gasteiger partial charge in [0.2, 0.25) is 5.78 Å². The molecule has 0 fully saturated rings. The summed E-state index contributed by atoms with van der Waals surface area (Å²) < 4.78 is 21.6. The lowest BCUT2D eigenvalue weighted by Gasteiger charge is -2.33. The number of carbonyl (C=O) groups is 2. The second-order valence-electron chi connectivity index (χ2n) is 6.82. The second-order valence-corrected chi connectivity index (χ2v) is 6.82. The van der Waals surface area contributed by atoms with Gasteiger partial charge < -0.3 is 18.9 Å². The molecule has 0 amide bonds. The van der Waals surface area contributed by atoms with Gasteiger partial charge in [0.1, 0.15) is 5.75 Å². The number of ketones is 2. The fourth-order valence-electron chi connectivity index (χ4n) is 3.85. The molecule has 0 radical (unpaired) electrons. The van der Waals surface area contributed by atoms with E-state index < -0.39 is 5.92 Å². The van der Waals surface area contributed by atoms with Crippen LogP contribution in [-0.2, 0) is 14.3 Å². The van der Waals surface area contributed by atoms with Crippen molar-refractivity contribution >= 4 is 11.6 Å². The van der Waals surface area contributed by atoms with Crippen LogP contribution < -0.4 is 14.2 Å². The number of Topliss-reactive ketones (excluding diaryl/α,β-unsaturated/α-hetero) is 1. The Balaban J connectivity index is 2.28. The first-order valence-electron chi connectivity index (χ1n) is 8.91. The molecule has 148 valence electrons. The molecule has 1 atom stereocenters. The molecule has 2 aliphatic rings. The van der Waals surface area contributed by atoms with Crippen molar-refractivity contribution in [2.45, 2.75) is 26.2 Å². The molecule has 3 rings (SSSR count). The van der Waals surface area contributed by atoms with Crippen molar-refractivity contribution in [3.05, 3.63) is 51.8 Å². The third-order valence-electron chi connectivity index (χ3n) is 5.46. The summed E-state index contributed by atoms with van der Waals surface area (Å²) in [5.74, 6) is 0.753. The van der Waals surface area contributed by atoms with Crippen molar-refractivity contribution in [1.82, 2.24) is 0 Å². The normalized spacial score (nSPS) is 19.4. The molecule has 0 aromatic heterocycles. The van der Waals surface area contributed by atoms with E-state index in [1.165, 1.54) is 13.2 Å². The molecule has 0 N–H and O–H groups in total. The van der Waals surface area contributed by atoms with E-state index in [2.05, 4.69) is 0 Å². The van der Waals surface area contributed by atoms with E-state index in [1.807, 2.05) is 13.8 Å². The lowest BCUT2D eigenvalue weighted by molar-refractivity contribution is -0.118. The molecule has 2 aliphatic carbocycles. The molecule has 28 heavy (non-hydrogen) atoms. The average Bonchev–Trinajstić information content (AvgIpc) is 2.70. The smallest absolute Gasteiger partial charge is 0.225 e. The first-order chi connectivity index (χ1) is 13.4. The van der Waals surface area contributed by atoms with Gasteiger partial charge in [0.25, 0.3) is 0 Å². The van der Waals surface area contributed by atoms with Gasteiger partial charge in [-0.05, 0) is 26.3 Å². The Labute approximate surface area is 164 Å². The van der Waals surface area contributed by atoms with Crippen LogP contribution >= 0.6 is 0 Å². The van der Waals surface area contributed by atoms with Gasteiger partial charge in [-0.2, -0.15) is 0 Å². The maximum atomic E-state index is 13.1. The van der Waals surface area contributed by atoms with Crippen molar-refractivity contribution < 1.29 is 28.5 Å². The first kappa shape index (κ1) is 19.7. The number of methoxy groups -OCH3 is 4. The fourth-order valence-corrected chi connectivity index (χ4v) is 3.85. The predicted molar refractivity (Wildman–Crippen MR) is 104 cm³/mol. The Bertz CT molecular complexity index is 948. The van der Waals surface area contributed by atoms with E-state index in [0.717, 1.165) is 16.7 Å². The number of rotatable bonds is 5. The standard InChI is InChI=1S/C22H24O6/c1-11-7-13-15(23)9-19(28-6)22(24)21(13)20(12(11)2)14-8-17(26-4)18(27-5)10-16(14)25-3/h8-10,20H,7H2,1-6H3/t20-/m0/s1. The van der Waals surface area contributed by atoms with Gasteiger partial charge in [-0.15, -0.1) is 0 Å². The van der Waals surface area contributed by atoms with E-state index >= 15 is 0 Å². The summed E-state index contributed by atoms with van der Waals surface area (Å²) in [6.07, 6.45) is 1.73. The lowest BCUT2D eigenvalue weighted by Crippen LogP contribution is -2.28. The highest BCUT2D eigenvalue weighted by molar-refractivity contribution is 6.23. The summed E-state index contributed by atoms with van der Waals surface area (Å²) in [5, 5.41) is 0. The van der Waals surface area contributed by atoms with E-state index in [0.29, 0.717) is 34.8 Å². The first-order valence-corrected chi connectivity index (χ1v) is 8.91. The van der Waals surface area contributed by atoms with Gasteiger partial charge in [-0.25, -0.2) is 0 Å². The molecule has 0 aliphatic heterocycles. The summed E-state index contributed by atoms with van der Waals surface area (Å²) in [6, 6.07) is 3.53. The summed E-state index contributed by atoms with van der Waals surface area (Å²) in [5.41, 5.74) is 3.75. The van der Waals surface area contributed by atoms with E-state index in [4.69, 9.17) is 18.9 Å². The van der Waals surface area contributed by atoms with E-state index in [1.54, 1.807) is 33.5 Å². The number of carbonyl (C=O) groups excluding carboxylic acids is 2. The molecule has 0 saturated carbocycles. The minimum Gasteiger partial charge on any atom is -0.496 e. The zero-order chi connectivity index (χ0) is 20.6. The predicted octanol–water partition coefficient (Wildman–Crippen LogP) is 3.51. The quantitative estimate of drug-likeness (QED) is 0.571. The van der Waals surface area contributed by atoms with Crippen LogP contribution in [0.15, 0.2) is 46.3 Å². The third kappa shape index (κ3) is 2.99. The van der Waals surface area contributed by atoms with Crippen LogP contribution in [0, 0.1) is 0 Å². The van der Waals surface area contributed by atoms with Crippen LogP contribution in [0.4, 0.5) is 0 Å². The maximum Gasteiger partial charge on any atom is 0.225 e. The summed E-state index contributed by atoms with van der Waals surface area (Å²) in [7, 11) is 6.05. The van der Waals surface area contributed by atoms with Crippen LogP contribution in [0.2, 0.25) is 0 Å². The summed E-state index contributed by atoms with van der Waals surface area (Å²) >= 11 is 0. The van der Waals surface area contributed by atoms with Crippen LogP contribution in [-0.4, -0.2) is 40.0 Å². The Morgan fingerprint density at radius 3 is 2.04 bits per heavy atom. The highest BCUT2D eigenvalue weighted by Crippen LogP contribution is 2.49. The Morgan fingerprint density at radius 1 is 0.857 bits per heavy atom. The molecule has 0 unspecified atom stereocenters. The van der Waals surface area contributed by atoms with Gasteiger partial charge in [0.15, 0.2) is 23.0 Å². The van der Waals surface area contributed by atoms with Crippen molar-refractivity contribution in [1.29, 1.82) is 0 Å². The topological polar surface area (TPSA) is 71.1 Å². The van der Waals surface area contributed by atoms with Crippen molar-refractivity contribution in [2.24, 2.45) is 0 Å². The highest BCUT2D eigenvalue weighted by atomic mass is 16.5. The van der Waals surface area contributed by atoms with E-state index in [9.17, 15) is 9.59 Å². The van der Waals surface area contributed by atoms with Crippen molar-refractivity contribution in [3.8, 4) is 17.2 Å². The molecule has 0 bridgehead atoms. The molecule has 0 saturated heterocycles. The Kier molecular flexibility index (Phi) is 5.31. The molecular weight excluding hydrogens is 360 g/mol. The maximum absolute atomic E-state index is 13.1. The van der Waals surface area contributed by atoms with E-state index in [-0.39, 0.29) is 17.3 Å². The van der Waals surface area contributed by atoms with Gasteiger partial charge in [-0.1, -0.05) is 11.1 Å². The molecule has 1 aromatic rings. The Morgan fingerprint density at radius 2 is 1.46 bits per heavy atom. The monoisotopic (exact) mass is 384 g/mol. The van der Waals surface area contributed by atoms with Gasteiger partial charge in [-0.3, -0.25) is 9.59 Å². The average molecular weight is 384 g/mol. The minimum atomic E-state index is -0.436. The molecule has 0 heterocycles. The summed E-state index contributed by atoms with van der Waals surface area (Å²) in [4.78, 5) is 25.8. The number of allylic oxidation sites excluding steroid dienone is 5. The fraction of sp³-hybridized carbons (Fsp3) is 0.364. The number of benzene rings is 1. The Hall–Kier alpha value is -3.02. The van der Waals surface area contributed by atoms with Crippen LogP contribution in [0.25, 0.3) is 0 Å². The third-order valence-corrected chi connectivity index (χ3v) is 5.46. The molecule has 1 aromatic carbocycles. The summed E-state index contributed by atoms with van der Waals surface area (Å²) in [6.45, 7) is 3.95.